The van der Waals surface area contributed by atoms with Crippen LogP contribution in [-0.2, 0) is 9.47 Å². The lowest BCUT2D eigenvalue weighted by atomic mass is 9.92. The number of ether oxygens (including phenoxy) is 2. The van der Waals surface area contributed by atoms with Gasteiger partial charge in [-0.3, -0.25) is 0 Å². The minimum absolute atomic E-state index is 0.0938. The summed E-state index contributed by atoms with van der Waals surface area (Å²) in [6, 6.07) is 0. The molecule has 1 heterocycles. The van der Waals surface area contributed by atoms with E-state index >= 15 is 0 Å². The van der Waals surface area contributed by atoms with Crippen molar-refractivity contribution in [2.75, 3.05) is 33.2 Å². The molecule has 0 aromatic heterocycles. The van der Waals surface area contributed by atoms with Crippen molar-refractivity contribution in [1.82, 2.24) is 0 Å². The van der Waals surface area contributed by atoms with E-state index in [-0.39, 0.29) is 20.0 Å². The first kappa shape index (κ1) is 7.94. The van der Waals surface area contributed by atoms with E-state index in [0.717, 1.165) is 0 Å². The smallest absolute Gasteiger partial charge is 0.146 e. The molecule has 60 valence electrons. The number of hydrogen-bond acceptors (Lipinski definition) is 4. The average molecular weight is 148 g/mol. The van der Waals surface area contributed by atoms with Crippen LogP contribution in [0.15, 0.2) is 0 Å². The zero-order valence-corrected chi connectivity index (χ0v) is 5.75. The van der Waals surface area contributed by atoms with Gasteiger partial charge in [0.05, 0.1) is 31.8 Å². The van der Waals surface area contributed by atoms with Gasteiger partial charge in [0.2, 0.25) is 0 Å². The maximum atomic E-state index is 8.82. The molecule has 0 amide bonds. The van der Waals surface area contributed by atoms with Gasteiger partial charge in [0, 0.05) is 0 Å². The van der Waals surface area contributed by atoms with E-state index in [4.69, 9.17) is 19.7 Å². The Labute approximate surface area is 59.4 Å². The quantitative estimate of drug-likeness (QED) is 0.525. The first-order valence-electron chi connectivity index (χ1n) is 3.20. The van der Waals surface area contributed by atoms with E-state index in [2.05, 4.69) is 0 Å². The molecule has 2 N–H and O–H groups in total. The van der Waals surface area contributed by atoms with Crippen molar-refractivity contribution in [1.29, 1.82) is 0 Å². The fourth-order valence-electron chi connectivity index (χ4n) is 0.850. The molecule has 1 rings (SSSR count). The lowest BCUT2D eigenvalue weighted by Gasteiger charge is -2.32. The van der Waals surface area contributed by atoms with Crippen LogP contribution in [-0.4, -0.2) is 43.4 Å². The molecule has 0 aromatic carbocycles. The molecule has 0 bridgehead atoms. The monoisotopic (exact) mass is 148 g/mol. The van der Waals surface area contributed by atoms with Crippen LogP contribution in [0.3, 0.4) is 0 Å². The molecule has 0 aromatic rings. The third-order valence-corrected chi connectivity index (χ3v) is 1.65. The summed E-state index contributed by atoms with van der Waals surface area (Å²) in [5, 5.41) is 17.6. The fourth-order valence-corrected chi connectivity index (χ4v) is 0.850. The van der Waals surface area contributed by atoms with E-state index in [1.807, 2.05) is 0 Å². The molecule has 0 aliphatic carbocycles. The zero-order valence-electron chi connectivity index (χ0n) is 5.75. The molecule has 4 heteroatoms. The molecule has 10 heavy (non-hydrogen) atoms. The Morgan fingerprint density at radius 2 is 1.60 bits per heavy atom. The van der Waals surface area contributed by atoms with E-state index < -0.39 is 5.41 Å². The normalized spacial score (nSPS) is 24.6. The summed E-state index contributed by atoms with van der Waals surface area (Å²) in [7, 11) is 0. The Morgan fingerprint density at radius 3 is 1.90 bits per heavy atom. The molecule has 0 spiro atoms. The Kier molecular flexibility index (Phi) is 2.62. The Morgan fingerprint density at radius 1 is 1.10 bits per heavy atom. The van der Waals surface area contributed by atoms with Gasteiger partial charge in [-0.2, -0.15) is 0 Å². The molecule has 1 aliphatic rings. The molecule has 1 aliphatic heterocycles. The number of aliphatic hydroxyl groups is 2. The van der Waals surface area contributed by atoms with Crippen LogP contribution in [0.25, 0.3) is 0 Å². The van der Waals surface area contributed by atoms with Crippen molar-refractivity contribution in [3.05, 3.63) is 0 Å². The minimum atomic E-state index is -0.571. The number of rotatable bonds is 2. The molecule has 4 nitrogen and oxygen atoms in total. The summed E-state index contributed by atoms with van der Waals surface area (Å²) in [4.78, 5) is 0. The molecule has 1 saturated heterocycles. The van der Waals surface area contributed by atoms with Crippen LogP contribution in [0.2, 0.25) is 0 Å². The third-order valence-electron chi connectivity index (χ3n) is 1.65. The highest BCUT2D eigenvalue weighted by Crippen LogP contribution is 2.19. The molecule has 0 saturated carbocycles. The lowest BCUT2D eigenvalue weighted by Crippen LogP contribution is -2.43. The van der Waals surface area contributed by atoms with Gasteiger partial charge in [0.1, 0.15) is 6.79 Å². The number of hydrogen-bond donors (Lipinski definition) is 2. The van der Waals surface area contributed by atoms with Gasteiger partial charge < -0.3 is 19.7 Å². The van der Waals surface area contributed by atoms with Crippen molar-refractivity contribution in [3.63, 3.8) is 0 Å². The summed E-state index contributed by atoms with van der Waals surface area (Å²) >= 11 is 0. The first-order valence-corrected chi connectivity index (χ1v) is 3.20. The molecule has 0 unspecified atom stereocenters. The summed E-state index contributed by atoms with van der Waals surface area (Å²) < 4.78 is 9.85. The van der Waals surface area contributed by atoms with E-state index in [0.29, 0.717) is 13.2 Å². The van der Waals surface area contributed by atoms with Gasteiger partial charge >= 0.3 is 0 Å². The maximum absolute atomic E-state index is 8.82. The second-order valence-electron chi connectivity index (χ2n) is 2.63. The van der Waals surface area contributed by atoms with Gasteiger partial charge in [-0.1, -0.05) is 0 Å². The van der Waals surface area contributed by atoms with Crippen molar-refractivity contribution < 1.29 is 19.7 Å². The van der Waals surface area contributed by atoms with Crippen LogP contribution >= 0.6 is 0 Å². The largest absolute Gasteiger partial charge is 0.396 e. The van der Waals surface area contributed by atoms with Crippen molar-refractivity contribution >= 4 is 0 Å². The van der Waals surface area contributed by atoms with Gasteiger partial charge in [0.25, 0.3) is 0 Å². The molecule has 0 atom stereocenters. The van der Waals surface area contributed by atoms with E-state index in [1.54, 1.807) is 0 Å². The standard InChI is InChI=1S/C6H12O4/c7-1-6(2-8)3-9-5-10-4-6/h7-8H,1-5H2. The third kappa shape index (κ3) is 1.46. The fraction of sp³-hybridized carbons (Fsp3) is 1.00. The predicted molar refractivity (Wildman–Crippen MR) is 33.4 cm³/mol. The summed E-state index contributed by atoms with van der Waals surface area (Å²) in [6.07, 6.45) is 0. The Bertz CT molecular complexity index is 91.9. The average Bonchev–Trinajstić information content (AvgIpc) is 2.06. The van der Waals surface area contributed by atoms with Crippen molar-refractivity contribution in [2.45, 2.75) is 0 Å². The molecular weight excluding hydrogens is 136 g/mol. The van der Waals surface area contributed by atoms with Crippen LogP contribution in [0.5, 0.6) is 0 Å². The van der Waals surface area contributed by atoms with Crippen LogP contribution < -0.4 is 0 Å². The van der Waals surface area contributed by atoms with Crippen molar-refractivity contribution in [2.24, 2.45) is 5.41 Å². The Hall–Kier alpha value is -0.160. The second kappa shape index (κ2) is 3.30. The van der Waals surface area contributed by atoms with Crippen LogP contribution in [0, 0.1) is 5.41 Å². The summed E-state index contributed by atoms with van der Waals surface area (Å²) in [5.74, 6) is 0. The summed E-state index contributed by atoms with van der Waals surface area (Å²) in [5.41, 5.74) is -0.571. The molecule has 0 radical (unpaired) electrons. The van der Waals surface area contributed by atoms with Gasteiger partial charge in [-0.15, -0.1) is 0 Å². The molecular formula is C6H12O4. The van der Waals surface area contributed by atoms with E-state index in [9.17, 15) is 0 Å². The van der Waals surface area contributed by atoms with Gasteiger partial charge in [-0.05, 0) is 0 Å². The Balaban J connectivity index is 2.44. The zero-order chi connectivity index (χ0) is 7.45. The predicted octanol–water partition coefficient (Wildman–Crippen LogP) is -1.04. The number of aliphatic hydroxyl groups excluding tert-OH is 2. The van der Waals surface area contributed by atoms with E-state index in [1.165, 1.54) is 0 Å². The lowest BCUT2D eigenvalue weighted by molar-refractivity contribution is -0.187. The van der Waals surface area contributed by atoms with Gasteiger partial charge in [0.15, 0.2) is 0 Å². The SMILES string of the molecule is OCC1(CO)COCOC1. The highest BCUT2D eigenvalue weighted by Gasteiger charge is 2.32. The second-order valence-corrected chi connectivity index (χ2v) is 2.63. The first-order chi connectivity index (χ1) is 4.83. The summed E-state index contributed by atoms with van der Waals surface area (Å²) in [6.45, 7) is 0.828. The van der Waals surface area contributed by atoms with Crippen molar-refractivity contribution in [3.8, 4) is 0 Å². The maximum Gasteiger partial charge on any atom is 0.146 e. The highest BCUT2D eigenvalue weighted by molar-refractivity contribution is 4.78. The van der Waals surface area contributed by atoms with Gasteiger partial charge in [-0.25, -0.2) is 0 Å². The van der Waals surface area contributed by atoms with Crippen LogP contribution in [0.4, 0.5) is 0 Å². The highest BCUT2D eigenvalue weighted by atomic mass is 16.7. The molecule has 1 fully saturated rings. The topological polar surface area (TPSA) is 58.9 Å². The minimum Gasteiger partial charge on any atom is -0.396 e. The van der Waals surface area contributed by atoms with Crippen LogP contribution in [0.1, 0.15) is 0 Å².